The summed E-state index contributed by atoms with van der Waals surface area (Å²) in [6.45, 7) is 2.17. The third-order valence-corrected chi connectivity index (χ3v) is 4.72. The molecule has 1 heterocycles. The van der Waals surface area contributed by atoms with Gasteiger partial charge in [0.05, 0.1) is 0 Å². The summed E-state index contributed by atoms with van der Waals surface area (Å²) in [4.78, 5) is 25.7. The van der Waals surface area contributed by atoms with E-state index < -0.39 is 0 Å². The van der Waals surface area contributed by atoms with E-state index in [9.17, 15) is 9.59 Å². The van der Waals surface area contributed by atoms with Gasteiger partial charge in [-0.1, -0.05) is 34.1 Å². The summed E-state index contributed by atoms with van der Waals surface area (Å²) >= 11 is 3.48. The van der Waals surface area contributed by atoms with Gasteiger partial charge in [0, 0.05) is 36.9 Å². The predicted octanol–water partition coefficient (Wildman–Crippen LogP) is 2.90. The molecule has 1 aliphatic heterocycles. The van der Waals surface area contributed by atoms with Gasteiger partial charge in [0.15, 0.2) is 0 Å². The van der Waals surface area contributed by atoms with Crippen LogP contribution in [-0.2, 0) is 16.0 Å². The fraction of sp³-hybridized carbons (Fsp3) is 0.529. The molecule has 22 heavy (non-hydrogen) atoms. The molecule has 0 unspecified atom stereocenters. The average molecular weight is 367 g/mol. The maximum Gasteiger partial charge on any atom is 0.224 e. The smallest absolute Gasteiger partial charge is 0.224 e. The number of hydrogen-bond donors (Lipinski definition) is 1. The molecule has 1 saturated heterocycles. The molecule has 0 aromatic heterocycles. The zero-order chi connectivity index (χ0) is 15.8. The van der Waals surface area contributed by atoms with Crippen LogP contribution in [0.4, 0.5) is 0 Å². The van der Waals surface area contributed by atoms with Crippen molar-refractivity contribution < 1.29 is 9.59 Å². The number of amides is 2. The lowest BCUT2D eigenvalue weighted by molar-refractivity contribution is -0.132. The molecule has 1 aromatic carbocycles. The van der Waals surface area contributed by atoms with E-state index in [0.29, 0.717) is 25.8 Å². The molecule has 1 aliphatic rings. The van der Waals surface area contributed by atoms with Crippen molar-refractivity contribution in [2.45, 2.75) is 38.5 Å². The van der Waals surface area contributed by atoms with Gasteiger partial charge in [0.1, 0.15) is 0 Å². The van der Waals surface area contributed by atoms with Crippen molar-refractivity contribution in [1.82, 2.24) is 10.2 Å². The molecule has 4 nitrogen and oxygen atoms in total. The van der Waals surface area contributed by atoms with Crippen LogP contribution >= 0.6 is 15.9 Å². The van der Waals surface area contributed by atoms with Gasteiger partial charge in [-0.15, -0.1) is 0 Å². The first-order valence-electron chi connectivity index (χ1n) is 7.94. The Morgan fingerprint density at radius 3 is 2.55 bits per heavy atom. The summed E-state index contributed by atoms with van der Waals surface area (Å²) in [5.41, 5.74) is 1.13. The van der Waals surface area contributed by atoms with E-state index in [0.717, 1.165) is 36.0 Å². The van der Waals surface area contributed by atoms with Crippen molar-refractivity contribution in [1.29, 1.82) is 0 Å². The van der Waals surface area contributed by atoms with Crippen LogP contribution in [0.15, 0.2) is 28.7 Å². The number of carbonyl (C=O) groups excluding carboxylic acids is 2. The highest BCUT2D eigenvalue weighted by atomic mass is 79.9. The third kappa shape index (κ3) is 5.44. The first-order chi connectivity index (χ1) is 10.7. The summed E-state index contributed by atoms with van der Waals surface area (Å²) in [5, 5.41) is 2.84. The van der Waals surface area contributed by atoms with Crippen molar-refractivity contribution in [3.05, 3.63) is 34.3 Å². The van der Waals surface area contributed by atoms with Crippen LogP contribution in [0, 0.1) is 0 Å². The number of piperidine rings is 1. The molecule has 1 N–H and O–H groups in total. The minimum Gasteiger partial charge on any atom is -0.356 e. The molecule has 0 saturated carbocycles. The highest BCUT2D eigenvalue weighted by Crippen LogP contribution is 2.17. The Hall–Kier alpha value is -1.36. The Morgan fingerprint density at radius 2 is 1.82 bits per heavy atom. The zero-order valence-corrected chi connectivity index (χ0v) is 14.4. The van der Waals surface area contributed by atoms with Crippen molar-refractivity contribution >= 4 is 27.7 Å². The standard InChI is InChI=1S/C17H23BrN2O2/c18-15-7-3-2-6-14(15)8-9-16(21)19-11-10-17(22)20-12-4-1-5-13-20/h2-3,6-7H,1,4-5,8-13H2,(H,19,21). The Kier molecular flexibility index (Phi) is 6.90. The molecule has 0 radical (unpaired) electrons. The molecule has 5 heteroatoms. The normalized spacial score (nSPS) is 14.7. The number of benzene rings is 1. The topological polar surface area (TPSA) is 49.4 Å². The van der Waals surface area contributed by atoms with Crippen LogP contribution < -0.4 is 5.32 Å². The van der Waals surface area contributed by atoms with Gasteiger partial charge in [-0.05, 0) is 37.3 Å². The maximum atomic E-state index is 12.0. The van der Waals surface area contributed by atoms with E-state index >= 15 is 0 Å². The summed E-state index contributed by atoms with van der Waals surface area (Å²) in [5.74, 6) is 0.160. The number of aryl methyl sites for hydroxylation is 1. The SMILES string of the molecule is O=C(CCc1ccccc1Br)NCCC(=O)N1CCCCC1. The lowest BCUT2D eigenvalue weighted by atomic mass is 10.1. The number of nitrogens with zero attached hydrogens (tertiary/aromatic N) is 1. The molecule has 1 fully saturated rings. The first kappa shape index (κ1) is 17.0. The van der Waals surface area contributed by atoms with Crippen molar-refractivity contribution in [3.63, 3.8) is 0 Å². The number of nitrogens with one attached hydrogen (secondary N) is 1. The van der Waals surface area contributed by atoms with Crippen LogP contribution in [0.1, 0.15) is 37.7 Å². The molecule has 0 atom stereocenters. The molecule has 0 aliphatic carbocycles. The predicted molar refractivity (Wildman–Crippen MR) is 90.5 cm³/mol. The van der Waals surface area contributed by atoms with Gasteiger partial charge in [-0.3, -0.25) is 9.59 Å². The molecule has 120 valence electrons. The fourth-order valence-electron chi connectivity index (χ4n) is 2.65. The van der Waals surface area contributed by atoms with Gasteiger partial charge in [-0.2, -0.15) is 0 Å². The lowest BCUT2D eigenvalue weighted by Gasteiger charge is -2.26. The minimum absolute atomic E-state index is 0.00203. The van der Waals surface area contributed by atoms with Crippen molar-refractivity contribution in [2.24, 2.45) is 0 Å². The van der Waals surface area contributed by atoms with E-state index in [1.807, 2.05) is 29.2 Å². The fourth-order valence-corrected chi connectivity index (χ4v) is 3.13. The number of hydrogen-bond acceptors (Lipinski definition) is 2. The molecule has 0 spiro atoms. The minimum atomic E-state index is 0.00203. The van der Waals surface area contributed by atoms with E-state index in [2.05, 4.69) is 21.2 Å². The molecular formula is C17H23BrN2O2. The highest BCUT2D eigenvalue weighted by molar-refractivity contribution is 9.10. The van der Waals surface area contributed by atoms with Gasteiger partial charge in [0.25, 0.3) is 0 Å². The van der Waals surface area contributed by atoms with Crippen LogP contribution in [0.25, 0.3) is 0 Å². The maximum absolute atomic E-state index is 12.0. The second-order valence-electron chi connectivity index (χ2n) is 5.63. The Morgan fingerprint density at radius 1 is 1.09 bits per heavy atom. The number of rotatable bonds is 6. The number of likely N-dealkylation sites (tertiary alicyclic amines) is 1. The van der Waals surface area contributed by atoms with Gasteiger partial charge in [0.2, 0.25) is 11.8 Å². The Labute approximate surface area is 140 Å². The van der Waals surface area contributed by atoms with Crippen molar-refractivity contribution in [2.75, 3.05) is 19.6 Å². The highest BCUT2D eigenvalue weighted by Gasteiger charge is 2.16. The second kappa shape index (κ2) is 8.93. The summed E-state index contributed by atoms with van der Waals surface area (Å²) < 4.78 is 1.03. The largest absolute Gasteiger partial charge is 0.356 e. The third-order valence-electron chi connectivity index (χ3n) is 3.95. The Bertz CT molecular complexity index is 513. The van der Waals surface area contributed by atoms with Crippen LogP contribution in [0.2, 0.25) is 0 Å². The molecule has 1 aromatic rings. The molecular weight excluding hydrogens is 344 g/mol. The van der Waals surface area contributed by atoms with Gasteiger partial charge in [-0.25, -0.2) is 0 Å². The van der Waals surface area contributed by atoms with Crippen molar-refractivity contribution in [3.8, 4) is 0 Å². The number of halogens is 1. The van der Waals surface area contributed by atoms with Crippen LogP contribution in [0.5, 0.6) is 0 Å². The van der Waals surface area contributed by atoms with Gasteiger partial charge < -0.3 is 10.2 Å². The summed E-state index contributed by atoms with van der Waals surface area (Å²) in [6, 6.07) is 7.91. The van der Waals surface area contributed by atoms with E-state index in [1.165, 1.54) is 6.42 Å². The summed E-state index contributed by atoms with van der Waals surface area (Å²) in [7, 11) is 0. The van der Waals surface area contributed by atoms with Crippen LogP contribution in [-0.4, -0.2) is 36.3 Å². The first-order valence-corrected chi connectivity index (χ1v) is 8.74. The summed E-state index contributed by atoms with van der Waals surface area (Å²) in [6.07, 6.45) is 4.97. The van der Waals surface area contributed by atoms with Gasteiger partial charge >= 0.3 is 0 Å². The van der Waals surface area contributed by atoms with E-state index in [4.69, 9.17) is 0 Å². The molecule has 2 rings (SSSR count). The lowest BCUT2D eigenvalue weighted by Crippen LogP contribution is -2.37. The van der Waals surface area contributed by atoms with E-state index in [1.54, 1.807) is 0 Å². The van der Waals surface area contributed by atoms with Crippen LogP contribution in [0.3, 0.4) is 0 Å². The average Bonchev–Trinajstić information content (AvgIpc) is 2.55. The number of carbonyl (C=O) groups is 2. The quantitative estimate of drug-likeness (QED) is 0.841. The molecule has 0 bridgehead atoms. The molecule has 2 amide bonds. The Balaban J connectivity index is 1.63. The van der Waals surface area contributed by atoms with E-state index in [-0.39, 0.29) is 11.8 Å². The second-order valence-corrected chi connectivity index (χ2v) is 6.49. The zero-order valence-electron chi connectivity index (χ0n) is 12.8. The monoisotopic (exact) mass is 366 g/mol.